The Hall–Kier alpha value is -4.50. The Balaban J connectivity index is 1.45. The molecule has 3 heterocycles. The number of aromatic hydroxyl groups is 2. The zero-order valence-electron chi connectivity index (χ0n) is 20.7. The SMILES string of the molecule is CC[C@]12O[C@](CCOc3ccc(C#N)cc3)(C[C@@H]1O)c1c2c(O)n(-c2ccc(C#N)c3ccccc23)c1O. The topological polar surface area (TPSA) is 132 Å². The number of rotatable bonds is 6. The van der Waals surface area contributed by atoms with Crippen LogP contribution in [0.2, 0.25) is 0 Å². The summed E-state index contributed by atoms with van der Waals surface area (Å²) in [4.78, 5) is 0. The van der Waals surface area contributed by atoms with Gasteiger partial charge >= 0.3 is 0 Å². The molecule has 2 aliphatic heterocycles. The number of ether oxygens (including phenoxy) is 2. The maximum atomic E-state index is 11.6. The van der Waals surface area contributed by atoms with Gasteiger partial charge in [-0.3, -0.25) is 4.57 Å². The molecule has 1 aromatic heterocycles. The van der Waals surface area contributed by atoms with Gasteiger partial charge in [0.2, 0.25) is 11.8 Å². The van der Waals surface area contributed by atoms with Gasteiger partial charge in [0.15, 0.2) is 0 Å². The van der Waals surface area contributed by atoms with Crippen LogP contribution in [0, 0.1) is 22.7 Å². The second-order valence-corrected chi connectivity index (χ2v) is 9.82. The Kier molecular flexibility index (Phi) is 5.36. The zero-order chi connectivity index (χ0) is 26.7. The molecule has 1 saturated heterocycles. The molecule has 2 bridgehead atoms. The average molecular weight is 508 g/mol. The third-order valence-electron chi connectivity index (χ3n) is 7.98. The molecule has 190 valence electrons. The molecule has 8 nitrogen and oxygen atoms in total. The smallest absolute Gasteiger partial charge is 0.205 e. The quantitative estimate of drug-likeness (QED) is 0.340. The third kappa shape index (κ3) is 3.15. The molecule has 4 aromatic rings. The van der Waals surface area contributed by atoms with Gasteiger partial charge in [-0.1, -0.05) is 31.2 Å². The second kappa shape index (κ2) is 8.53. The van der Waals surface area contributed by atoms with Gasteiger partial charge in [0.05, 0.1) is 52.8 Å². The largest absolute Gasteiger partial charge is 0.494 e. The number of benzene rings is 3. The summed E-state index contributed by atoms with van der Waals surface area (Å²) in [7, 11) is 0. The monoisotopic (exact) mass is 507 g/mol. The van der Waals surface area contributed by atoms with Crippen molar-refractivity contribution in [2.24, 2.45) is 0 Å². The number of fused-ring (bicyclic) bond motifs is 6. The lowest BCUT2D eigenvalue weighted by atomic mass is 9.74. The van der Waals surface area contributed by atoms with Gasteiger partial charge in [-0.05, 0) is 42.8 Å². The first-order chi connectivity index (χ1) is 18.4. The van der Waals surface area contributed by atoms with Crippen molar-refractivity contribution in [2.45, 2.75) is 43.5 Å². The van der Waals surface area contributed by atoms with E-state index in [1.165, 1.54) is 4.57 Å². The molecule has 0 unspecified atom stereocenters. The maximum absolute atomic E-state index is 11.6. The van der Waals surface area contributed by atoms with Gasteiger partial charge in [-0.25, -0.2) is 0 Å². The van der Waals surface area contributed by atoms with Crippen LogP contribution in [0.4, 0.5) is 0 Å². The van der Waals surface area contributed by atoms with Crippen LogP contribution in [0.25, 0.3) is 16.5 Å². The Labute approximate surface area is 219 Å². The lowest BCUT2D eigenvalue weighted by Gasteiger charge is -2.28. The lowest BCUT2D eigenvalue weighted by Crippen LogP contribution is -2.35. The van der Waals surface area contributed by atoms with Crippen LogP contribution in [-0.4, -0.2) is 32.6 Å². The van der Waals surface area contributed by atoms with E-state index < -0.39 is 17.3 Å². The van der Waals surface area contributed by atoms with Crippen molar-refractivity contribution in [3.05, 3.63) is 82.9 Å². The van der Waals surface area contributed by atoms with E-state index in [-0.39, 0.29) is 24.8 Å². The molecule has 0 spiro atoms. The molecular weight excluding hydrogens is 482 g/mol. The van der Waals surface area contributed by atoms with Crippen molar-refractivity contribution >= 4 is 10.8 Å². The molecule has 0 saturated carbocycles. The Morgan fingerprint density at radius 1 is 0.974 bits per heavy atom. The van der Waals surface area contributed by atoms with E-state index in [1.54, 1.807) is 36.4 Å². The van der Waals surface area contributed by atoms with Gasteiger partial charge in [-0.15, -0.1) is 0 Å². The zero-order valence-corrected chi connectivity index (χ0v) is 20.7. The highest BCUT2D eigenvalue weighted by Gasteiger charge is 2.67. The van der Waals surface area contributed by atoms with Crippen molar-refractivity contribution in [1.29, 1.82) is 10.5 Å². The number of nitriles is 2. The lowest BCUT2D eigenvalue weighted by molar-refractivity contribution is -0.120. The predicted octanol–water partition coefficient (Wildman–Crippen LogP) is 4.85. The minimum atomic E-state index is -1.17. The highest BCUT2D eigenvalue weighted by Crippen LogP contribution is 2.66. The third-order valence-corrected chi connectivity index (χ3v) is 7.98. The van der Waals surface area contributed by atoms with E-state index in [9.17, 15) is 20.6 Å². The molecule has 38 heavy (non-hydrogen) atoms. The van der Waals surface area contributed by atoms with Gasteiger partial charge in [-0.2, -0.15) is 10.5 Å². The minimum Gasteiger partial charge on any atom is -0.494 e. The summed E-state index contributed by atoms with van der Waals surface area (Å²) in [6.45, 7) is 2.11. The van der Waals surface area contributed by atoms with E-state index in [2.05, 4.69) is 12.1 Å². The van der Waals surface area contributed by atoms with Crippen molar-refractivity contribution in [3.8, 4) is 35.3 Å². The molecule has 1 fully saturated rings. The van der Waals surface area contributed by atoms with Crippen LogP contribution in [0.5, 0.6) is 17.5 Å². The Morgan fingerprint density at radius 3 is 2.37 bits per heavy atom. The molecule has 3 aromatic carbocycles. The van der Waals surface area contributed by atoms with Gasteiger partial charge in [0.25, 0.3) is 0 Å². The van der Waals surface area contributed by atoms with Crippen LogP contribution in [0.1, 0.15) is 48.4 Å². The number of aromatic nitrogens is 1. The first kappa shape index (κ1) is 23.9. The summed E-state index contributed by atoms with van der Waals surface area (Å²) in [5.74, 6) is 0.239. The summed E-state index contributed by atoms with van der Waals surface area (Å²) < 4.78 is 13.8. The van der Waals surface area contributed by atoms with Crippen LogP contribution in [0.3, 0.4) is 0 Å². The highest BCUT2D eigenvalue weighted by molar-refractivity contribution is 5.95. The molecule has 3 N–H and O–H groups in total. The van der Waals surface area contributed by atoms with Gasteiger partial charge in [0, 0.05) is 23.6 Å². The van der Waals surface area contributed by atoms with Crippen molar-refractivity contribution in [3.63, 3.8) is 0 Å². The fraction of sp³-hybridized carbons (Fsp3) is 0.267. The van der Waals surface area contributed by atoms with E-state index in [1.807, 2.05) is 31.2 Å². The molecule has 2 aliphatic rings. The first-order valence-corrected chi connectivity index (χ1v) is 12.5. The molecular formula is C30H25N3O5. The normalized spacial score (nSPS) is 23.2. The van der Waals surface area contributed by atoms with Gasteiger partial charge in [0.1, 0.15) is 17.0 Å². The number of hydrogen-bond acceptors (Lipinski definition) is 7. The first-order valence-electron chi connectivity index (χ1n) is 12.5. The van der Waals surface area contributed by atoms with Crippen LogP contribution in [-0.2, 0) is 15.9 Å². The molecule has 3 atom stereocenters. The number of aliphatic hydroxyl groups is 1. The van der Waals surface area contributed by atoms with E-state index >= 15 is 0 Å². The standard InChI is InChI=1S/C30H25N3O5/c1-2-30-24(34)15-29(38-30,13-14-37-20-10-7-18(16-31)8-11-20)25-26(30)28(36)33(27(25)35)23-12-9-19(17-32)21-5-3-4-6-22(21)23/h3-12,24,34-36H,2,13-15H2,1H3/t24-,29+,30-/m0/s1. The number of hydrogen-bond donors (Lipinski definition) is 3. The minimum absolute atomic E-state index is 0.159. The second-order valence-electron chi connectivity index (χ2n) is 9.82. The summed E-state index contributed by atoms with van der Waals surface area (Å²) in [6.07, 6.45) is 0.0817. The van der Waals surface area contributed by atoms with Crippen molar-refractivity contribution in [2.75, 3.05) is 6.61 Å². The van der Waals surface area contributed by atoms with Crippen LogP contribution in [0.15, 0.2) is 60.7 Å². The highest BCUT2D eigenvalue weighted by atomic mass is 16.6. The molecule has 0 radical (unpaired) electrons. The fourth-order valence-electron chi connectivity index (χ4n) is 6.21. The number of nitrogens with zero attached hydrogens (tertiary/aromatic N) is 3. The van der Waals surface area contributed by atoms with Crippen molar-refractivity contribution in [1.82, 2.24) is 4.57 Å². The number of aliphatic hydroxyl groups excluding tert-OH is 1. The molecule has 0 aliphatic carbocycles. The van der Waals surface area contributed by atoms with E-state index in [4.69, 9.17) is 14.7 Å². The molecule has 8 heteroatoms. The summed E-state index contributed by atoms with van der Waals surface area (Å²) >= 11 is 0. The van der Waals surface area contributed by atoms with E-state index in [0.29, 0.717) is 57.3 Å². The predicted molar refractivity (Wildman–Crippen MR) is 138 cm³/mol. The van der Waals surface area contributed by atoms with Crippen LogP contribution >= 0.6 is 0 Å². The van der Waals surface area contributed by atoms with Crippen molar-refractivity contribution < 1.29 is 24.8 Å². The molecule has 6 rings (SSSR count). The van der Waals surface area contributed by atoms with Gasteiger partial charge < -0.3 is 24.8 Å². The Bertz CT molecular complexity index is 1660. The summed E-state index contributed by atoms with van der Waals surface area (Å²) in [5.41, 5.74) is 0.160. The summed E-state index contributed by atoms with van der Waals surface area (Å²) in [6, 6.07) is 21.7. The molecule has 0 amide bonds. The van der Waals surface area contributed by atoms with Crippen LogP contribution < -0.4 is 4.74 Å². The van der Waals surface area contributed by atoms with E-state index in [0.717, 1.165) is 0 Å². The summed E-state index contributed by atoms with van der Waals surface area (Å²) in [5, 5.41) is 54.3. The average Bonchev–Trinajstić information content (AvgIpc) is 3.51. The Morgan fingerprint density at radius 2 is 1.68 bits per heavy atom. The fourth-order valence-corrected chi connectivity index (χ4v) is 6.21. The maximum Gasteiger partial charge on any atom is 0.205 e.